The lowest BCUT2D eigenvalue weighted by Gasteiger charge is -2.17. The molecule has 0 unspecified atom stereocenters. The molecule has 0 spiro atoms. The highest BCUT2D eigenvalue weighted by Crippen LogP contribution is 2.19. The molecule has 7 heteroatoms. The Morgan fingerprint density at radius 1 is 1.10 bits per heavy atom. The molecule has 0 N–H and O–H groups in total. The third kappa shape index (κ3) is 3.45. The van der Waals surface area contributed by atoms with Gasteiger partial charge in [0.1, 0.15) is 0 Å². The van der Waals surface area contributed by atoms with Gasteiger partial charge in [-0.15, -0.1) is 0 Å². The summed E-state index contributed by atoms with van der Waals surface area (Å²) in [7, 11) is -2.16. The first-order chi connectivity index (χ1) is 9.91. The molecule has 0 aliphatic rings. The number of non-ortho nitro benzene ring substituents is 1. The molecule has 0 heterocycles. The van der Waals surface area contributed by atoms with Gasteiger partial charge in [0.2, 0.25) is 10.0 Å². The van der Waals surface area contributed by atoms with Crippen LogP contribution in [0.3, 0.4) is 0 Å². The fraction of sp³-hybridized carbons (Fsp3) is 0.143. The van der Waals surface area contributed by atoms with Crippen LogP contribution in [0, 0.1) is 10.1 Å². The molecule has 6 nitrogen and oxygen atoms in total. The van der Waals surface area contributed by atoms with Crippen LogP contribution in [0.1, 0.15) is 5.56 Å². The maximum absolute atomic E-state index is 12.3. The first-order valence-corrected chi connectivity index (χ1v) is 7.60. The van der Waals surface area contributed by atoms with Crippen molar-refractivity contribution in [2.75, 3.05) is 7.05 Å². The van der Waals surface area contributed by atoms with Crippen LogP contribution in [-0.4, -0.2) is 24.7 Å². The second-order valence-electron chi connectivity index (χ2n) is 4.50. The summed E-state index contributed by atoms with van der Waals surface area (Å²) in [6.45, 7) is 0.0684. The van der Waals surface area contributed by atoms with Gasteiger partial charge in [-0.1, -0.05) is 30.3 Å². The van der Waals surface area contributed by atoms with Crippen LogP contribution in [0.2, 0.25) is 0 Å². The SMILES string of the molecule is CN(Cc1cccc([N+](=O)[O-])c1)S(=O)(=O)c1ccccc1. The van der Waals surface area contributed by atoms with Crippen LogP contribution >= 0.6 is 0 Å². The summed E-state index contributed by atoms with van der Waals surface area (Å²) in [6, 6.07) is 14.0. The van der Waals surface area contributed by atoms with Crippen molar-refractivity contribution in [1.82, 2.24) is 4.31 Å². The molecule has 0 saturated heterocycles. The van der Waals surface area contributed by atoms with E-state index in [1.165, 1.54) is 41.7 Å². The molecule has 21 heavy (non-hydrogen) atoms. The molecule has 2 rings (SSSR count). The topological polar surface area (TPSA) is 80.5 Å². The molecule has 0 saturated carbocycles. The van der Waals surface area contributed by atoms with Gasteiger partial charge in [0.15, 0.2) is 0 Å². The van der Waals surface area contributed by atoms with Crippen LogP contribution in [0.15, 0.2) is 59.5 Å². The fourth-order valence-corrected chi connectivity index (χ4v) is 3.06. The van der Waals surface area contributed by atoms with Gasteiger partial charge in [0, 0.05) is 25.7 Å². The zero-order valence-electron chi connectivity index (χ0n) is 11.3. The molecule has 2 aromatic carbocycles. The molecule has 110 valence electrons. The van der Waals surface area contributed by atoms with Gasteiger partial charge < -0.3 is 0 Å². The van der Waals surface area contributed by atoms with Crippen molar-refractivity contribution >= 4 is 15.7 Å². The molecular formula is C14H14N2O4S. The molecule has 0 bridgehead atoms. The Morgan fingerprint density at radius 3 is 2.38 bits per heavy atom. The molecule has 0 fully saturated rings. The van der Waals surface area contributed by atoms with E-state index in [2.05, 4.69) is 0 Å². The van der Waals surface area contributed by atoms with Crippen molar-refractivity contribution in [3.05, 3.63) is 70.3 Å². The minimum atomic E-state index is -3.61. The molecule has 0 aliphatic heterocycles. The number of hydrogen-bond donors (Lipinski definition) is 0. The van der Waals surface area contributed by atoms with Crippen molar-refractivity contribution in [3.63, 3.8) is 0 Å². The number of sulfonamides is 1. The van der Waals surface area contributed by atoms with Crippen molar-refractivity contribution in [2.45, 2.75) is 11.4 Å². The summed E-state index contributed by atoms with van der Waals surface area (Å²) in [4.78, 5) is 10.4. The van der Waals surface area contributed by atoms with E-state index >= 15 is 0 Å². The Kier molecular flexibility index (Phi) is 4.35. The Hall–Kier alpha value is -2.25. The fourth-order valence-electron chi connectivity index (χ4n) is 1.88. The molecule has 0 atom stereocenters. The normalized spacial score (nSPS) is 11.5. The van der Waals surface area contributed by atoms with E-state index in [-0.39, 0.29) is 17.1 Å². The predicted octanol–water partition coefficient (Wildman–Crippen LogP) is 2.42. The molecule has 0 amide bonds. The molecular weight excluding hydrogens is 292 g/mol. The third-order valence-electron chi connectivity index (χ3n) is 2.98. The first-order valence-electron chi connectivity index (χ1n) is 6.16. The summed E-state index contributed by atoms with van der Waals surface area (Å²) in [5, 5.41) is 10.7. The van der Waals surface area contributed by atoms with E-state index in [0.717, 1.165) is 0 Å². The number of rotatable bonds is 5. The monoisotopic (exact) mass is 306 g/mol. The highest BCUT2D eigenvalue weighted by Gasteiger charge is 2.20. The Labute approximate surface area is 122 Å². The maximum Gasteiger partial charge on any atom is 0.269 e. The van der Waals surface area contributed by atoms with E-state index in [4.69, 9.17) is 0 Å². The molecule has 0 aliphatic carbocycles. The predicted molar refractivity (Wildman–Crippen MR) is 78.2 cm³/mol. The van der Waals surface area contributed by atoms with Gasteiger partial charge in [-0.05, 0) is 17.7 Å². The van der Waals surface area contributed by atoms with Crippen LogP contribution in [0.25, 0.3) is 0 Å². The van der Waals surface area contributed by atoms with E-state index < -0.39 is 14.9 Å². The minimum absolute atomic E-state index is 0.0574. The van der Waals surface area contributed by atoms with Gasteiger partial charge in [-0.25, -0.2) is 8.42 Å². The summed E-state index contributed by atoms with van der Waals surface area (Å²) >= 11 is 0. The minimum Gasteiger partial charge on any atom is -0.258 e. The lowest BCUT2D eigenvalue weighted by atomic mass is 10.2. The van der Waals surface area contributed by atoms with Gasteiger partial charge in [-0.2, -0.15) is 4.31 Å². The summed E-state index contributed by atoms with van der Waals surface area (Å²) < 4.78 is 25.9. The van der Waals surface area contributed by atoms with E-state index in [1.54, 1.807) is 24.3 Å². The van der Waals surface area contributed by atoms with Crippen molar-refractivity contribution in [1.29, 1.82) is 0 Å². The van der Waals surface area contributed by atoms with Gasteiger partial charge >= 0.3 is 0 Å². The average molecular weight is 306 g/mol. The largest absolute Gasteiger partial charge is 0.269 e. The van der Waals surface area contributed by atoms with Crippen LogP contribution < -0.4 is 0 Å². The zero-order chi connectivity index (χ0) is 15.5. The lowest BCUT2D eigenvalue weighted by molar-refractivity contribution is -0.384. The number of nitro benzene ring substituents is 1. The van der Waals surface area contributed by atoms with Gasteiger partial charge in [0.25, 0.3) is 5.69 Å². The number of benzene rings is 2. The third-order valence-corrected chi connectivity index (χ3v) is 4.80. The molecule has 0 aromatic heterocycles. The first kappa shape index (κ1) is 15.1. The van der Waals surface area contributed by atoms with Gasteiger partial charge in [0.05, 0.1) is 9.82 Å². The lowest BCUT2D eigenvalue weighted by Crippen LogP contribution is -2.26. The van der Waals surface area contributed by atoms with Gasteiger partial charge in [-0.3, -0.25) is 10.1 Å². The standard InChI is InChI=1S/C14H14N2O4S/c1-15(21(19,20)14-8-3-2-4-9-14)11-12-6-5-7-13(10-12)16(17)18/h2-10H,11H2,1H3. The number of nitrogens with zero attached hydrogens (tertiary/aromatic N) is 2. The number of hydrogen-bond acceptors (Lipinski definition) is 4. The second-order valence-corrected chi connectivity index (χ2v) is 6.55. The number of nitro groups is 1. The van der Waals surface area contributed by atoms with Crippen LogP contribution in [-0.2, 0) is 16.6 Å². The quantitative estimate of drug-likeness (QED) is 0.627. The van der Waals surface area contributed by atoms with Crippen molar-refractivity contribution < 1.29 is 13.3 Å². The summed E-state index contributed by atoms with van der Waals surface area (Å²) in [5.74, 6) is 0. The Morgan fingerprint density at radius 2 is 1.76 bits per heavy atom. The van der Waals surface area contributed by atoms with E-state index in [1.807, 2.05) is 0 Å². The van der Waals surface area contributed by atoms with E-state index in [0.29, 0.717) is 5.56 Å². The molecule has 0 radical (unpaired) electrons. The highest BCUT2D eigenvalue weighted by molar-refractivity contribution is 7.89. The maximum atomic E-state index is 12.3. The Bertz CT molecular complexity index is 745. The second kappa shape index (κ2) is 6.02. The zero-order valence-corrected chi connectivity index (χ0v) is 12.2. The van der Waals surface area contributed by atoms with Crippen LogP contribution in [0.4, 0.5) is 5.69 Å². The Balaban J connectivity index is 2.24. The van der Waals surface area contributed by atoms with Crippen molar-refractivity contribution in [3.8, 4) is 0 Å². The van der Waals surface area contributed by atoms with Crippen molar-refractivity contribution in [2.24, 2.45) is 0 Å². The highest BCUT2D eigenvalue weighted by atomic mass is 32.2. The average Bonchev–Trinajstić information content (AvgIpc) is 2.48. The van der Waals surface area contributed by atoms with E-state index in [9.17, 15) is 18.5 Å². The smallest absolute Gasteiger partial charge is 0.258 e. The molecule has 2 aromatic rings. The summed E-state index contributed by atoms with van der Waals surface area (Å²) in [5.41, 5.74) is 0.504. The summed E-state index contributed by atoms with van der Waals surface area (Å²) in [6.07, 6.45) is 0. The van der Waals surface area contributed by atoms with Crippen LogP contribution in [0.5, 0.6) is 0 Å².